The summed E-state index contributed by atoms with van der Waals surface area (Å²) in [6, 6.07) is 12.8. The van der Waals surface area contributed by atoms with Crippen LogP contribution in [0.3, 0.4) is 0 Å². The molecular formula is C18H20ClNO. The monoisotopic (exact) mass is 301 g/mol. The number of hydrogen-bond donors (Lipinski definition) is 1. The number of nitrogens with one attached hydrogen (secondary N) is 1. The van der Waals surface area contributed by atoms with Crippen LogP contribution in [0.15, 0.2) is 36.4 Å². The maximum atomic E-state index is 6.12. The van der Waals surface area contributed by atoms with E-state index < -0.39 is 0 Å². The van der Waals surface area contributed by atoms with E-state index in [2.05, 4.69) is 25.2 Å². The number of hydrogen-bond acceptors (Lipinski definition) is 2. The van der Waals surface area contributed by atoms with Crippen LogP contribution >= 0.6 is 11.6 Å². The van der Waals surface area contributed by atoms with Gasteiger partial charge < -0.3 is 10.1 Å². The van der Waals surface area contributed by atoms with E-state index in [9.17, 15) is 0 Å². The fourth-order valence-electron chi connectivity index (χ4n) is 2.43. The lowest BCUT2D eigenvalue weighted by molar-refractivity contribution is 0.472. The minimum atomic E-state index is 0.676. The average Bonchev–Trinajstić information content (AvgIpc) is 3.20. The third-order valence-corrected chi connectivity index (χ3v) is 3.85. The summed E-state index contributed by atoms with van der Waals surface area (Å²) in [7, 11) is 0. The first-order valence-corrected chi connectivity index (χ1v) is 7.76. The van der Waals surface area contributed by atoms with Gasteiger partial charge in [0.15, 0.2) is 0 Å². The zero-order chi connectivity index (χ0) is 14.8. The summed E-state index contributed by atoms with van der Waals surface area (Å²) in [5.41, 5.74) is 3.54. The molecule has 2 aromatic carbocycles. The van der Waals surface area contributed by atoms with Gasteiger partial charge in [-0.2, -0.15) is 0 Å². The lowest BCUT2D eigenvalue weighted by Gasteiger charge is -2.13. The molecule has 0 bridgehead atoms. The van der Waals surface area contributed by atoms with E-state index in [0.29, 0.717) is 11.1 Å². The lowest BCUT2D eigenvalue weighted by atomic mass is 10.1. The molecule has 1 fully saturated rings. The van der Waals surface area contributed by atoms with Gasteiger partial charge in [0, 0.05) is 23.2 Å². The number of rotatable bonds is 5. The highest BCUT2D eigenvalue weighted by Crippen LogP contribution is 2.30. The second-order valence-electron chi connectivity index (χ2n) is 5.83. The van der Waals surface area contributed by atoms with Crippen molar-refractivity contribution in [2.24, 2.45) is 0 Å². The standard InChI is InChI=1S/C18H20ClNO/c1-12-7-13(2)9-17(8-12)21-18-10-15(19)4-3-14(18)11-20-16-5-6-16/h3-4,7-10,16,20H,5-6,11H2,1-2H3. The van der Waals surface area contributed by atoms with E-state index in [1.54, 1.807) is 0 Å². The summed E-state index contributed by atoms with van der Waals surface area (Å²) in [6.07, 6.45) is 2.56. The van der Waals surface area contributed by atoms with Crippen molar-refractivity contribution < 1.29 is 4.74 Å². The van der Waals surface area contributed by atoms with Crippen LogP contribution in [0.25, 0.3) is 0 Å². The topological polar surface area (TPSA) is 21.3 Å². The Bertz CT molecular complexity index is 629. The zero-order valence-electron chi connectivity index (χ0n) is 12.4. The van der Waals surface area contributed by atoms with Crippen LogP contribution in [-0.2, 0) is 6.54 Å². The largest absolute Gasteiger partial charge is 0.457 e. The Balaban J connectivity index is 1.83. The Hall–Kier alpha value is -1.51. The molecule has 2 aromatic rings. The smallest absolute Gasteiger partial charge is 0.133 e. The number of aryl methyl sites for hydroxylation is 2. The van der Waals surface area contributed by atoms with Crippen LogP contribution in [0.4, 0.5) is 0 Å². The first kappa shape index (κ1) is 14.4. The molecule has 1 aliphatic rings. The highest BCUT2D eigenvalue weighted by atomic mass is 35.5. The van der Waals surface area contributed by atoms with Crippen molar-refractivity contribution in [2.45, 2.75) is 39.3 Å². The molecule has 2 nitrogen and oxygen atoms in total. The van der Waals surface area contributed by atoms with Crippen molar-refractivity contribution in [2.75, 3.05) is 0 Å². The molecule has 3 rings (SSSR count). The molecule has 0 atom stereocenters. The van der Waals surface area contributed by atoms with Gasteiger partial charge in [0.25, 0.3) is 0 Å². The van der Waals surface area contributed by atoms with Crippen molar-refractivity contribution in [3.63, 3.8) is 0 Å². The fraction of sp³-hybridized carbons (Fsp3) is 0.333. The van der Waals surface area contributed by atoms with Gasteiger partial charge in [0.2, 0.25) is 0 Å². The Kier molecular flexibility index (Phi) is 4.18. The van der Waals surface area contributed by atoms with Crippen molar-refractivity contribution in [1.82, 2.24) is 5.32 Å². The van der Waals surface area contributed by atoms with Gasteiger partial charge in [-0.3, -0.25) is 0 Å². The van der Waals surface area contributed by atoms with Gasteiger partial charge >= 0.3 is 0 Å². The van der Waals surface area contributed by atoms with E-state index in [1.165, 1.54) is 24.0 Å². The molecule has 0 heterocycles. The van der Waals surface area contributed by atoms with Gasteiger partial charge in [-0.1, -0.05) is 23.7 Å². The molecule has 3 heteroatoms. The first-order valence-electron chi connectivity index (χ1n) is 7.38. The molecule has 0 aromatic heterocycles. The Morgan fingerprint density at radius 3 is 2.48 bits per heavy atom. The van der Waals surface area contributed by atoms with E-state index >= 15 is 0 Å². The first-order chi connectivity index (χ1) is 10.1. The third-order valence-electron chi connectivity index (χ3n) is 3.61. The van der Waals surface area contributed by atoms with Crippen molar-refractivity contribution >= 4 is 11.6 Å². The van der Waals surface area contributed by atoms with Gasteiger partial charge in [0.05, 0.1) is 0 Å². The molecule has 0 spiro atoms. The summed E-state index contributed by atoms with van der Waals surface area (Å²) >= 11 is 6.12. The molecule has 1 saturated carbocycles. The molecular weight excluding hydrogens is 282 g/mol. The molecule has 1 N–H and O–H groups in total. The van der Waals surface area contributed by atoms with Gasteiger partial charge in [0.1, 0.15) is 11.5 Å². The van der Waals surface area contributed by atoms with Crippen LogP contribution in [0, 0.1) is 13.8 Å². The summed E-state index contributed by atoms with van der Waals surface area (Å²) in [6.45, 7) is 4.97. The number of halogens is 1. The second kappa shape index (κ2) is 6.08. The Labute approximate surface area is 131 Å². The van der Waals surface area contributed by atoms with Crippen LogP contribution in [0.5, 0.6) is 11.5 Å². The highest BCUT2D eigenvalue weighted by molar-refractivity contribution is 6.30. The maximum absolute atomic E-state index is 6.12. The zero-order valence-corrected chi connectivity index (χ0v) is 13.2. The van der Waals surface area contributed by atoms with Crippen LogP contribution < -0.4 is 10.1 Å². The summed E-state index contributed by atoms with van der Waals surface area (Å²) in [4.78, 5) is 0. The summed E-state index contributed by atoms with van der Waals surface area (Å²) < 4.78 is 6.08. The lowest BCUT2D eigenvalue weighted by Crippen LogP contribution is -2.15. The molecule has 0 radical (unpaired) electrons. The third kappa shape index (κ3) is 3.99. The van der Waals surface area contributed by atoms with E-state index in [0.717, 1.165) is 23.6 Å². The molecule has 0 amide bonds. The van der Waals surface area contributed by atoms with Crippen molar-refractivity contribution in [1.29, 1.82) is 0 Å². The molecule has 0 aliphatic heterocycles. The fourth-order valence-corrected chi connectivity index (χ4v) is 2.59. The predicted molar refractivity (Wildman–Crippen MR) is 87.3 cm³/mol. The number of benzene rings is 2. The maximum Gasteiger partial charge on any atom is 0.133 e. The number of ether oxygens (including phenoxy) is 1. The minimum Gasteiger partial charge on any atom is -0.457 e. The molecule has 110 valence electrons. The van der Waals surface area contributed by atoms with E-state index in [-0.39, 0.29) is 0 Å². The Morgan fingerprint density at radius 2 is 1.81 bits per heavy atom. The van der Waals surface area contributed by atoms with Gasteiger partial charge in [-0.05, 0) is 62.1 Å². The van der Waals surface area contributed by atoms with Crippen LogP contribution in [0.2, 0.25) is 5.02 Å². The quantitative estimate of drug-likeness (QED) is 0.839. The van der Waals surface area contributed by atoms with Crippen molar-refractivity contribution in [3.05, 3.63) is 58.1 Å². The highest BCUT2D eigenvalue weighted by Gasteiger charge is 2.20. The second-order valence-corrected chi connectivity index (χ2v) is 6.27. The minimum absolute atomic E-state index is 0.676. The molecule has 0 saturated heterocycles. The summed E-state index contributed by atoms with van der Waals surface area (Å²) in [5.74, 6) is 1.70. The average molecular weight is 302 g/mol. The Morgan fingerprint density at radius 1 is 1.10 bits per heavy atom. The normalized spacial score (nSPS) is 14.2. The predicted octanol–water partition coefficient (Wildman–Crippen LogP) is 5.00. The van der Waals surface area contributed by atoms with Gasteiger partial charge in [-0.15, -0.1) is 0 Å². The molecule has 1 aliphatic carbocycles. The van der Waals surface area contributed by atoms with Gasteiger partial charge in [-0.25, -0.2) is 0 Å². The van der Waals surface area contributed by atoms with E-state index in [4.69, 9.17) is 16.3 Å². The summed E-state index contributed by atoms with van der Waals surface area (Å²) in [5, 5.41) is 4.22. The SMILES string of the molecule is Cc1cc(C)cc(Oc2cc(Cl)ccc2CNC2CC2)c1. The molecule has 0 unspecified atom stereocenters. The van der Waals surface area contributed by atoms with Crippen LogP contribution in [-0.4, -0.2) is 6.04 Å². The molecule has 21 heavy (non-hydrogen) atoms. The van der Waals surface area contributed by atoms with Crippen molar-refractivity contribution in [3.8, 4) is 11.5 Å². The van der Waals surface area contributed by atoms with Crippen LogP contribution in [0.1, 0.15) is 29.5 Å². The van der Waals surface area contributed by atoms with E-state index in [1.807, 2.05) is 30.3 Å².